The number of nitrogens with zero attached hydrogens (tertiary/aromatic N) is 3. The van der Waals surface area contributed by atoms with E-state index in [1.807, 2.05) is 18.2 Å². The van der Waals surface area contributed by atoms with Gasteiger partial charge in [0.1, 0.15) is 11.5 Å². The fraction of sp³-hybridized carbons (Fsp3) is 0.0645. The Labute approximate surface area is 261 Å². The molecule has 0 saturated carbocycles. The van der Waals surface area contributed by atoms with Gasteiger partial charge < -0.3 is 9.73 Å². The summed E-state index contributed by atoms with van der Waals surface area (Å²) in [5, 5.41) is 14.6. The van der Waals surface area contributed by atoms with Crippen molar-refractivity contribution in [3.05, 3.63) is 147 Å². The number of hydrogen-bond acceptors (Lipinski definition) is 7. The van der Waals surface area contributed by atoms with Crippen molar-refractivity contribution < 1.29 is 14.1 Å². The molecular weight excluding hydrogens is 656 g/mol. The first-order valence-electron chi connectivity index (χ1n) is 12.9. The number of anilines is 1. The van der Waals surface area contributed by atoms with Crippen LogP contribution in [0.3, 0.4) is 0 Å². The number of fused-ring (bicyclic) bond motifs is 1. The molecule has 6 rings (SSSR count). The quantitative estimate of drug-likeness (QED) is 0.164. The summed E-state index contributed by atoms with van der Waals surface area (Å²) in [6.45, 7) is 1.75. The first-order valence-corrected chi connectivity index (χ1v) is 14.9. The number of nitro groups is 1. The molecule has 12 heteroatoms. The SMILES string of the molecule is CC1=C(C(=O)Nc2ccccc2)C(c2ccc(Cl)cc2)n2c(s/c(=C\c3ccc(-c4ccc([N+](=O)[O-])cc4Br)o3)c2=O)=N1. The molecule has 1 N–H and O–H groups in total. The van der Waals surface area contributed by atoms with Crippen molar-refractivity contribution in [2.45, 2.75) is 13.0 Å². The van der Waals surface area contributed by atoms with E-state index < -0.39 is 11.0 Å². The monoisotopic (exact) mass is 674 g/mol. The van der Waals surface area contributed by atoms with Gasteiger partial charge in [-0.2, -0.15) is 0 Å². The summed E-state index contributed by atoms with van der Waals surface area (Å²) in [5.41, 5.74) is 2.39. The second-order valence-electron chi connectivity index (χ2n) is 9.58. The second kappa shape index (κ2) is 11.6. The van der Waals surface area contributed by atoms with Crippen molar-refractivity contribution >= 4 is 62.2 Å². The predicted octanol–water partition coefficient (Wildman–Crippen LogP) is 6.46. The third-order valence-electron chi connectivity index (χ3n) is 6.81. The molecular formula is C31H20BrClN4O5S. The van der Waals surface area contributed by atoms with Crippen molar-refractivity contribution in [3.63, 3.8) is 0 Å². The molecule has 1 aliphatic rings. The summed E-state index contributed by atoms with van der Waals surface area (Å²) in [6.07, 6.45) is 1.62. The van der Waals surface area contributed by atoms with Crippen LogP contribution >= 0.6 is 38.9 Å². The summed E-state index contributed by atoms with van der Waals surface area (Å²) < 4.78 is 8.38. The number of aromatic nitrogens is 1. The molecule has 1 aliphatic heterocycles. The van der Waals surface area contributed by atoms with Gasteiger partial charge >= 0.3 is 0 Å². The fourth-order valence-electron chi connectivity index (χ4n) is 4.81. The zero-order chi connectivity index (χ0) is 30.2. The first kappa shape index (κ1) is 28.5. The van der Waals surface area contributed by atoms with Crippen molar-refractivity contribution in [2.24, 2.45) is 4.99 Å². The van der Waals surface area contributed by atoms with Crippen molar-refractivity contribution in [3.8, 4) is 11.3 Å². The lowest BCUT2D eigenvalue weighted by Gasteiger charge is -2.25. The number of rotatable bonds is 6. The Balaban J connectivity index is 1.43. The Morgan fingerprint density at radius 1 is 1.12 bits per heavy atom. The molecule has 1 unspecified atom stereocenters. The van der Waals surface area contributed by atoms with E-state index in [0.29, 0.717) is 58.4 Å². The number of thiazole rings is 1. The molecule has 0 bridgehead atoms. The molecule has 3 aromatic carbocycles. The van der Waals surface area contributed by atoms with Crippen molar-refractivity contribution in [1.82, 2.24) is 4.57 Å². The van der Waals surface area contributed by atoms with Crippen LogP contribution < -0.4 is 20.2 Å². The number of furan rings is 1. The molecule has 0 aliphatic carbocycles. The van der Waals surface area contributed by atoms with Gasteiger partial charge in [0.05, 0.1) is 26.8 Å². The molecule has 0 fully saturated rings. The molecule has 5 aromatic rings. The second-order valence-corrected chi connectivity index (χ2v) is 11.9. The lowest BCUT2D eigenvalue weighted by Crippen LogP contribution is -2.40. The highest BCUT2D eigenvalue weighted by atomic mass is 79.9. The molecule has 1 amide bonds. The van der Waals surface area contributed by atoms with E-state index >= 15 is 0 Å². The molecule has 43 heavy (non-hydrogen) atoms. The number of carbonyl (C=O) groups excluding carboxylic acids is 1. The number of non-ortho nitro benzene ring substituents is 1. The van der Waals surface area contributed by atoms with Gasteiger partial charge in [0, 0.05) is 39.0 Å². The van der Waals surface area contributed by atoms with E-state index in [-0.39, 0.29) is 17.2 Å². The molecule has 1 atom stereocenters. The summed E-state index contributed by atoms with van der Waals surface area (Å²) >= 11 is 10.7. The van der Waals surface area contributed by atoms with E-state index in [4.69, 9.17) is 16.0 Å². The molecule has 3 heterocycles. The Kier molecular flexibility index (Phi) is 7.70. The molecule has 0 spiro atoms. The van der Waals surface area contributed by atoms with Gasteiger partial charge in [0.2, 0.25) is 0 Å². The molecule has 0 saturated heterocycles. The maximum Gasteiger partial charge on any atom is 0.271 e. The Morgan fingerprint density at radius 3 is 2.56 bits per heavy atom. The van der Waals surface area contributed by atoms with E-state index in [1.165, 1.54) is 28.0 Å². The number of nitrogens with one attached hydrogen (secondary N) is 1. The topological polar surface area (TPSA) is 120 Å². The number of carbonyl (C=O) groups is 1. The summed E-state index contributed by atoms with van der Waals surface area (Å²) in [6, 6.07) is 23.2. The van der Waals surface area contributed by atoms with E-state index in [9.17, 15) is 19.7 Å². The predicted molar refractivity (Wildman–Crippen MR) is 169 cm³/mol. The third-order valence-corrected chi connectivity index (χ3v) is 8.70. The van der Waals surface area contributed by atoms with Crippen LogP contribution in [0.25, 0.3) is 17.4 Å². The summed E-state index contributed by atoms with van der Waals surface area (Å²) in [4.78, 5) is 43.3. The number of allylic oxidation sites excluding steroid dienone is 1. The van der Waals surface area contributed by atoms with Crippen molar-refractivity contribution in [1.29, 1.82) is 0 Å². The van der Waals surface area contributed by atoms with Crippen LogP contribution in [0.15, 0.2) is 115 Å². The number of para-hydroxylation sites is 1. The van der Waals surface area contributed by atoms with Crippen LogP contribution in [0.5, 0.6) is 0 Å². The number of halogens is 2. The van der Waals surface area contributed by atoms with Crippen LogP contribution in [-0.4, -0.2) is 15.4 Å². The highest BCUT2D eigenvalue weighted by Gasteiger charge is 2.32. The van der Waals surface area contributed by atoms with Crippen LogP contribution in [0.2, 0.25) is 5.02 Å². The number of amides is 1. The minimum atomic E-state index is -0.748. The normalized spacial score (nSPS) is 14.8. The lowest BCUT2D eigenvalue weighted by molar-refractivity contribution is -0.384. The highest BCUT2D eigenvalue weighted by molar-refractivity contribution is 9.10. The third kappa shape index (κ3) is 5.62. The molecule has 0 radical (unpaired) electrons. The average Bonchev–Trinajstić information content (AvgIpc) is 3.57. The maximum absolute atomic E-state index is 13.9. The van der Waals surface area contributed by atoms with Gasteiger partial charge in [-0.25, -0.2) is 4.99 Å². The van der Waals surface area contributed by atoms with E-state index in [2.05, 4.69) is 26.2 Å². The number of hydrogen-bond donors (Lipinski definition) is 1. The van der Waals surface area contributed by atoms with Gasteiger partial charge in [0.15, 0.2) is 4.80 Å². The van der Waals surface area contributed by atoms with E-state index in [0.717, 1.165) is 0 Å². The molecule has 214 valence electrons. The van der Waals surface area contributed by atoms with Gasteiger partial charge in [-0.3, -0.25) is 24.3 Å². The standard InChI is InChI=1S/C31H20BrClN4O5S/c1-17-27(29(38)35-20-5-3-2-4-6-20)28(18-7-9-19(33)10-8-18)36-30(39)26(43-31(36)34-17)16-22-12-14-25(42-22)23-13-11-21(37(40)41)15-24(23)32/h2-16,28H,1H3,(H,35,38)/b26-16-. The minimum absolute atomic E-state index is 0.0501. The molecule has 9 nitrogen and oxygen atoms in total. The Hall–Kier alpha value is -4.58. The lowest BCUT2D eigenvalue weighted by atomic mass is 9.95. The summed E-state index contributed by atoms with van der Waals surface area (Å²) in [5.74, 6) is 0.507. The zero-order valence-electron chi connectivity index (χ0n) is 22.3. The van der Waals surface area contributed by atoms with Crippen molar-refractivity contribution in [2.75, 3.05) is 5.32 Å². The number of nitro benzene ring substituents is 1. The van der Waals surface area contributed by atoms with E-state index in [1.54, 1.807) is 67.6 Å². The minimum Gasteiger partial charge on any atom is -0.457 e. The zero-order valence-corrected chi connectivity index (χ0v) is 25.4. The molecule has 2 aromatic heterocycles. The smallest absolute Gasteiger partial charge is 0.271 e. The fourth-order valence-corrected chi connectivity index (χ4v) is 6.53. The van der Waals surface area contributed by atoms with Gasteiger partial charge in [-0.1, -0.05) is 53.3 Å². The van der Waals surface area contributed by atoms with Crippen LogP contribution in [0.1, 0.15) is 24.3 Å². The van der Waals surface area contributed by atoms with Crippen LogP contribution in [-0.2, 0) is 4.79 Å². The largest absolute Gasteiger partial charge is 0.457 e. The first-order chi connectivity index (χ1) is 20.7. The Morgan fingerprint density at radius 2 is 1.86 bits per heavy atom. The Bertz CT molecular complexity index is 2120. The van der Waals surface area contributed by atoms with Crippen LogP contribution in [0, 0.1) is 10.1 Å². The van der Waals surface area contributed by atoms with Gasteiger partial charge in [0.25, 0.3) is 17.2 Å². The van der Waals surface area contributed by atoms with Crippen LogP contribution in [0.4, 0.5) is 11.4 Å². The number of benzene rings is 3. The van der Waals surface area contributed by atoms with Gasteiger partial charge in [-0.15, -0.1) is 0 Å². The average molecular weight is 676 g/mol. The highest BCUT2D eigenvalue weighted by Crippen LogP contribution is 2.33. The summed E-state index contributed by atoms with van der Waals surface area (Å²) in [7, 11) is 0. The van der Waals surface area contributed by atoms with Gasteiger partial charge in [-0.05, 0) is 70.9 Å². The maximum atomic E-state index is 13.9.